The summed E-state index contributed by atoms with van der Waals surface area (Å²) in [7, 11) is 0. The maximum absolute atomic E-state index is 12.8. The number of hydrogen-bond donors (Lipinski definition) is 4. The molecule has 4 aromatic rings. The van der Waals surface area contributed by atoms with Gasteiger partial charge in [-0.15, -0.1) is 0 Å². The molecular formula is C27H25ClN8O3S. The predicted molar refractivity (Wildman–Crippen MR) is 156 cm³/mol. The van der Waals surface area contributed by atoms with Crippen molar-refractivity contribution in [1.82, 2.24) is 20.3 Å². The lowest BCUT2D eigenvalue weighted by Gasteiger charge is -2.26. The van der Waals surface area contributed by atoms with E-state index in [1.54, 1.807) is 24.0 Å². The summed E-state index contributed by atoms with van der Waals surface area (Å²) in [5.74, 6) is 1.07. The number of halogens is 1. The molecule has 0 unspecified atom stereocenters. The molecule has 5 rings (SSSR count). The van der Waals surface area contributed by atoms with Crippen LogP contribution in [0.1, 0.15) is 33.0 Å². The molecule has 40 heavy (non-hydrogen) atoms. The summed E-state index contributed by atoms with van der Waals surface area (Å²) < 4.78 is 0. The van der Waals surface area contributed by atoms with E-state index in [9.17, 15) is 14.4 Å². The Balaban J connectivity index is 1.23. The minimum atomic E-state index is -0.426. The number of carbonyl (C=O) groups excluding carboxylic acids is 3. The van der Waals surface area contributed by atoms with Crippen molar-refractivity contribution in [2.24, 2.45) is 0 Å². The van der Waals surface area contributed by atoms with Crippen LogP contribution in [0.15, 0.2) is 54.7 Å². The number of imide groups is 1. The Hall–Kier alpha value is -4.55. The summed E-state index contributed by atoms with van der Waals surface area (Å²) in [6, 6.07) is 14.2. The summed E-state index contributed by atoms with van der Waals surface area (Å²) in [5.41, 5.74) is 3.07. The SMILES string of the molecule is Cc1nc(NCc2cccc(N3CCC(=O)NC3=O)c2)cc(Nc2ncc(C(=O)Nc3c(C)cccc3Cl)s2)n1. The van der Waals surface area contributed by atoms with Crippen molar-refractivity contribution in [3.8, 4) is 0 Å². The molecule has 0 atom stereocenters. The van der Waals surface area contributed by atoms with Gasteiger partial charge >= 0.3 is 6.03 Å². The molecule has 0 radical (unpaired) electrons. The Kier molecular flexibility index (Phi) is 7.89. The zero-order valence-corrected chi connectivity index (χ0v) is 23.2. The molecular weight excluding hydrogens is 552 g/mol. The Bertz CT molecular complexity index is 1590. The quantitative estimate of drug-likeness (QED) is 0.223. The third-order valence-electron chi connectivity index (χ3n) is 6.01. The molecule has 1 aliphatic heterocycles. The van der Waals surface area contributed by atoms with Crippen molar-refractivity contribution >= 4 is 68.9 Å². The molecule has 2 aromatic heterocycles. The van der Waals surface area contributed by atoms with Crippen LogP contribution < -0.4 is 26.2 Å². The van der Waals surface area contributed by atoms with Crippen LogP contribution in [0, 0.1) is 13.8 Å². The minimum Gasteiger partial charge on any atom is -0.366 e. The summed E-state index contributed by atoms with van der Waals surface area (Å²) in [6.07, 6.45) is 1.75. The molecule has 2 aromatic carbocycles. The molecule has 1 saturated heterocycles. The number of urea groups is 1. The van der Waals surface area contributed by atoms with Crippen LogP contribution in [0.3, 0.4) is 0 Å². The number of aromatic nitrogens is 3. The van der Waals surface area contributed by atoms with E-state index in [1.807, 2.05) is 43.3 Å². The minimum absolute atomic E-state index is 0.260. The smallest absolute Gasteiger partial charge is 0.328 e. The Morgan fingerprint density at radius 3 is 2.70 bits per heavy atom. The monoisotopic (exact) mass is 576 g/mol. The maximum atomic E-state index is 12.8. The van der Waals surface area contributed by atoms with Crippen LogP contribution in [0.25, 0.3) is 0 Å². The van der Waals surface area contributed by atoms with Crippen molar-refractivity contribution in [2.75, 3.05) is 27.4 Å². The van der Waals surface area contributed by atoms with Gasteiger partial charge in [0.2, 0.25) is 5.91 Å². The van der Waals surface area contributed by atoms with E-state index in [0.29, 0.717) is 57.0 Å². The van der Waals surface area contributed by atoms with Gasteiger partial charge in [0, 0.05) is 31.3 Å². The molecule has 0 aliphatic carbocycles. The van der Waals surface area contributed by atoms with Crippen LogP contribution in [-0.2, 0) is 11.3 Å². The molecule has 204 valence electrons. The van der Waals surface area contributed by atoms with E-state index in [-0.39, 0.29) is 18.2 Å². The number of thiazole rings is 1. The van der Waals surface area contributed by atoms with Crippen LogP contribution in [0.5, 0.6) is 0 Å². The number of nitrogens with zero attached hydrogens (tertiary/aromatic N) is 4. The van der Waals surface area contributed by atoms with Crippen molar-refractivity contribution in [3.63, 3.8) is 0 Å². The number of carbonyl (C=O) groups is 3. The second-order valence-electron chi connectivity index (χ2n) is 9.00. The fourth-order valence-electron chi connectivity index (χ4n) is 4.07. The maximum Gasteiger partial charge on any atom is 0.328 e. The molecule has 0 saturated carbocycles. The predicted octanol–water partition coefficient (Wildman–Crippen LogP) is 5.26. The molecule has 4 amide bonds. The first-order valence-electron chi connectivity index (χ1n) is 12.3. The molecule has 3 heterocycles. The van der Waals surface area contributed by atoms with E-state index in [1.165, 1.54) is 17.5 Å². The lowest BCUT2D eigenvalue weighted by Crippen LogP contribution is -2.49. The highest BCUT2D eigenvalue weighted by atomic mass is 35.5. The average molecular weight is 577 g/mol. The Morgan fingerprint density at radius 2 is 1.90 bits per heavy atom. The van der Waals surface area contributed by atoms with E-state index >= 15 is 0 Å². The lowest BCUT2D eigenvalue weighted by atomic mass is 10.1. The lowest BCUT2D eigenvalue weighted by molar-refractivity contribution is -0.120. The Morgan fingerprint density at radius 1 is 1.10 bits per heavy atom. The topological polar surface area (TPSA) is 141 Å². The number of hydrogen-bond acceptors (Lipinski definition) is 9. The molecule has 11 nitrogen and oxygen atoms in total. The van der Waals surface area contributed by atoms with Crippen molar-refractivity contribution in [1.29, 1.82) is 0 Å². The van der Waals surface area contributed by atoms with Crippen LogP contribution in [0.4, 0.5) is 32.9 Å². The average Bonchev–Trinajstić information content (AvgIpc) is 3.38. The first-order chi connectivity index (χ1) is 19.2. The molecule has 1 fully saturated rings. The number of benzene rings is 2. The van der Waals surface area contributed by atoms with E-state index < -0.39 is 6.03 Å². The highest BCUT2D eigenvalue weighted by Crippen LogP contribution is 2.28. The fraction of sp³-hybridized carbons (Fsp3) is 0.185. The number of rotatable bonds is 8. The number of nitrogens with one attached hydrogen (secondary N) is 4. The zero-order valence-electron chi connectivity index (χ0n) is 21.6. The largest absolute Gasteiger partial charge is 0.366 e. The third kappa shape index (κ3) is 6.35. The van der Waals surface area contributed by atoms with Gasteiger partial charge in [-0.25, -0.2) is 19.7 Å². The third-order valence-corrected chi connectivity index (χ3v) is 7.24. The van der Waals surface area contributed by atoms with Gasteiger partial charge in [0.1, 0.15) is 22.3 Å². The Labute approximate surface area is 239 Å². The molecule has 0 bridgehead atoms. The van der Waals surface area contributed by atoms with Crippen molar-refractivity contribution < 1.29 is 14.4 Å². The van der Waals surface area contributed by atoms with Gasteiger partial charge in [-0.2, -0.15) is 0 Å². The highest BCUT2D eigenvalue weighted by Gasteiger charge is 2.24. The second-order valence-corrected chi connectivity index (χ2v) is 10.4. The molecule has 4 N–H and O–H groups in total. The van der Waals surface area contributed by atoms with Gasteiger partial charge in [0.25, 0.3) is 5.91 Å². The second kappa shape index (κ2) is 11.7. The molecule has 0 spiro atoms. The zero-order chi connectivity index (χ0) is 28.2. The summed E-state index contributed by atoms with van der Waals surface area (Å²) in [6.45, 7) is 4.43. The fourth-order valence-corrected chi connectivity index (χ4v) is 5.06. The van der Waals surface area contributed by atoms with Gasteiger partial charge in [0.05, 0.1) is 16.9 Å². The standard InChI is InChI=1S/C27H25ClN8O3S/c1-15-5-3-8-19(28)24(15)35-25(38)20-14-30-26(40-20)33-22-12-21(31-16(2)32-22)29-13-17-6-4-7-18(11-17)36-10-9-23(37)34-27(36)39/h3-8,11-12,14H,9-10,13H2,1-2H3,(H,35,38)(H,34,37,39)(H2,29,30,31,32,33). The first kappa shape index (κ1) is 27.0. The van der Waals surface area contributed by atoms with Gasteiger partial charge in [-0.1, -0.05) is 47.2 Å². The van der Waals surface area contributed by atoms with Gasteiger partial charge in [-0.3, -0.25) is 19.8 Å². The van der Waals surface area contributed by atoms with E-state index in [0.717, 1.165) is 11.1 Å². The molecule has 1 aliphatic rings. The van der Waals surface area contributed by atoms with E-state index in [2.05, 4.69) is 36.2 Å². The van der Waals surface area contributed by atoms with Crippen LogP contribution >= 0.6 is 22.9 Å². The number of anilines is 5. The number of aryl methyl sites for hydroxylation is 2. The van der Waals surface area contributed by atoms with Gasteiger partial charge in [0.15, 0.2) is 5.13 Å². The van der Waals surface area contributed by atoms with Crippen LogP contribution in [0.2, 0.25) is 5.02 Å². The first-order valence-corrected chi connectivity index (χ1v) is 13.5. The van der Waals surface area contributed by atoms with Gasteiger partial charge in [-0.05, 0) is 43.2 Å². The number of amides is 4. The molecule has 13 heteroatoms. The summed E-state index contributed by atoms with van der Waals surface area (Å²) in [4.78, 5) is 51.6. The normalized spacial score (nSPS) is 13.1. The van der Waals surface area contributed by atoms with Crippen molar-refractivity contribution in [3.05, 3.63) is 81.6 Å². The summed E-state index contributed by atoms with van der Waals surface area (Å²) >= 11 is 7.42. The van der Waals surface area contributed by atoms with Crippen LogP contribution in [-0.4, -0.2) is 39.3 Å². The van der Waals surface area contributed by atoms with Crippen molar-refractivity contribution in [2.45, 2.75) is 26.8 Å². The van der Waals surface area contributed by atoms with Gasteiger partial charge < -0.3 is 16.0 Å². The summed E-state index contributed by atoms with van der Waals surface area (Å²) in [5, 5.41) is 12.6. The van der Waals surface area contributed by atoms with E-state index in [4.69, 9.17) is 11.6 Å². The number of para-hydroxylation sites is 1. The highest BCUT2D eigenvalue weighted by molar-refractivity contribution is 7.17.